The number of anilines is 1. The smallest absolute Gasteiger partial charge is 0.400 e. The zero-order valence-corrected chi connectivity index (χ0v) is 12.1. The number of nitrogens with zero attached hydrogens (tertiary/aromatic N) is 4. The van der Waals surface area contributed by atoms with E-state index in [0.717, 1.165) is 17.9 Å². The molecule has 0 aliphatic rings. The number of rotatable bonds is 4. The van der Waals surface area contributed by atoms with Crippen molar-refractivity contribution in [1.82, 2.24) is 14.2 Å². The van der Waals surface area contributed by atoms with Gasteiger partial charge in [0.25, 0.3) is 0 Å². The third kappa shape index (κ3) is 3.29. The first-order valence-electron chi connectivity index (χ1n) is 6.19. The van der Waals surface area contributed by atoms with Gasteiger partial charge in [-0.15, -0.1) is 0 Å². The van der Waals surface area contributed by atoms with Gasteiger partial charge in [-0.25, -0.2) is 10.2 Å². The molecule has 10 nitrogen and oxygen atoms in total. The van der Waals surface area contributed by atoms with Crippen molar-refractivity contribution < 1.29 is 14.1 Å². The van der Waals surface area contributed by atoms with Crippen LogP contribution >= 0.6 is 11.7 Å². The summed E-state index contributed by atoms with van der Waals surface area (Å²) in [7, 11) is 0. The van der Waals surface area contributed by atoms with Crippen LogP contribution in [-0.4, -0.2) is 25.9 Å². The Morgan fingerprint density at radius 2 is 2.22 bits per heavy atom. The number of nitro groups is 1. The number of amides is 2. The fourth-order valence-corrected chi connectivity index (χ4v) is 2.27. The molecular weight excluding hydrogens is 324 g/mol. The predicted molar refractivity (Wildman–Crippen MR) is 82.5 cm³/mol. The minimum atomic E-state index is -0.667. The van der Waals surface area contributed by atoms with Gasteiger partial charge in [-0.05, 0) is 18.2 Å². The van der Waals surface area contributed by atoms with Gasteiger partial charge in [0.05, 0.1) is 29.7 Å². The highest BCUT2D eigenvalue weighted by Gasteiger charge is 2.10. The fraction of sp³-hybridized carbons (Fsp3) is 0. The highest BCUT2D eigenvalue weighted by Crippen LogP contribution is 2.20. The fourth-order valence-electron chi connectivity index (χ4n) is 1.72. The Hall–Kier alpha value is -3.34. The molecule has 11 heteroatoms. The van der Waals surface area contributed by atoms with Gasteiger partial charge in [-0.2, -0.15) is 13.8 Å². The van der Waals surface area contributed by atoms with Gasteiger partial charge in [-0.1, -0.05) is 6.07 Å². The number of carbonyl (C=O) groups excluding carboxylic acids is 1. The van der Waals surface area contributed by atoms with E-state index in [2.05, 4.69) is 24.6 Å². The Morgan fingerprint density at radius 1 is 1.35 bits per heavy atom. The monoisotopic (exact) mass is 332 g/mol. The van der Waals surface area contributed by atoms with Crippen LogP contribution in [0, 0.1) is 10.1 Å². The number of fused-ring (bicyclic) bond motifs is 1. The second-order valence-electron chi connectivity index (χ2n) is 4.19. The summed E-state index contributed by atoms with van der Waals surface area (Å²) in [5.74, 6) is -0.263. The molecule has 2 heterocycles. The molecule has 2 amide bonds. The number of aromatic nitrogens is 2. The summed E-state index contributed by atoms with van der Waals surface area (Å²) in [6, 6.07) is 7.17. The lowest BCUT2D eigenvalue weighted by Gasteiger charge is -2.03. The first-order chi connectivity index (χ1) is 11.1. The number of benzene rings is 1. The maximum atomic E-state index is 11.8. The van der Waals surface area contributed by atoms with E-state index in [1.54, 1.807) is 18.2 Å². The number of hydrazone groups is 1. The molecule has 2 N–H and O–H groups in total. The van der Waals surface area contributed by atoms with Crippen LogP contribution in [-0.2, 0) is 0 Å². The van der Waals surface area contributed by atoms with E-state index in [0.29, 0.717) is 16.7 Å². The standard InChI is InChI=1S/C12H8N6O4S/c19-12(14-8-2-1-3-9-11(8)17-23-16-9)15-13-6-7-4-5-10(22-7)18(20)21/h1-6H,(H2,14,15,19)/b13-6-. The summed E-state index contributed by atoms with van der Waals surface area (Å²) in [4.78, 5) is 21.6. The summed E-state index contributed by atoms with van der Waals surface area (Å²) in [6.45, 7) is 0. The molecule has 0 saturated carbocycles. The number of nitrogens with one attached hydrogen (secondary N) is 2. The normalized spacial score (nSPS) is 11.0. The summed E-state index contributed by atoms with van der Waals surface area (Å²) in [6.07, 6.45) is 1.15. The van der Waals surface area contributed by atoms with Crippen LogP contribution in [0.3, 0.4) is 0 Å². The molecule has 0 fully saturated rings. The molecule has 2 aromatic heterocycles. The third-order valence-corrected chi connectivity index (χ3v) is 3.23. The molecule has 0 unspecified atom stereocenters. The van der Waals surface area contributed by atoms with Crippen LogP contribution in [0.1, 0.15) is 5.76 Å². The molecule has 3 rings (SSSR count). The molecular formula is C12H8N6O4S. The maximum absolute atomic E-state index is 11.8. The van der Waals surface area contributed by atoms with Crippen molar-refractivity contribution in [2.75, 3.05) is 5.32 Å². The van der Waals surface area contributed by atoms with E-state index < -0.39 is 16.8 Å². The summed E-state index contributed by atoms with van der Waals surface area (Å²) in [5.41, 5.74) is 3.98. The third-order valence-electron chi connectivity index (χ3n) is 2.68. The van der Waals surface area contributed by atoms with Crippen LogP contribution in [0.2, 0.25) is 0 Å². The van der Waals surface area contributed by atoms with Crippen molar-refractivity contribution >= 4 is 46.6 Å². The van der Waals surface area contributed by atoms with Crippen molar-refractivity contribution in [3.05, 3.63) is 46.2 Å². The first-order valence-corrected chi connectivity index (χ1v) is 6.92. The molecule has 0 saturated heterocycles. The molecule has 0 bridgehead atoms. The van der Waals surface area contributed by atoms with Crippen molar-refractivity contribution in [3.63, 3.8) is 0 Å². The average Bonchev–Trinajstić information content (AvgIpc) is 3.16. The SMILES string of the molecule is O=C(N/N=C\c1ccc([N+](=O)[O-])o1)Nc1cccc2nsnc12. The van der Waals surface area contributed by atoms with Crippen LogP contribution in [0.15, 0.2) is 39.9 Å². The Balaban J connectivity index is 1.62. The summed E-state index contributed by atoms with van der Waals surface area (Å²) in [5, 5.41) is 16.7. The molecule has 116 valence electrons. The maximum Gasteiger partial charge on any atom is 0.433 e. The molecule has 23 heavy (non-hydrogen) atoms. The lowest BCUT2D eigenvalue weighted by Crippen LogP contribution is -2.24. The number of hydrogen-bond donors (Lipinski definition) is 2. The molecule has 0 radical (unpaired) electrons. The zero-order chi connectivity index (χ0) is 16.2. The summed E-state index contributed by atoms with van der Waals surface area (Å²) >= 11 is 1.05. The molecule has 0 spiro atoms. The largest absolute Gasteiger partial charge is 0.433 e. The number of hydrogen-bond acceptors (Lipinski definition) is 8. The van der Waals surface area contributed by atoms with Crippen LogP contribution in [0.5, 0.6) is 0 Å². The van der Waals surface area contributed by atoms with E-state index in [4.69, 9.17) is 4.42 Å². The summed E-state index contributed by atoms with van der Waals surface area (Å²) < 4.78 is 13.0. The number of carbonyl (C=O) groups is 1. The average molecular weight is 332 g/mol. The number of urea groups is 1. The van der Waals surface area contributed by atoms with Gasteiger partial charge in [0.1, 0.15) is 16.0 Å². The minimum absolute atomic E-state index is 0.141. The van der Waals surface area contributed by atoms with Crippen LogP contribution in [0.25, 0.3) is 11.0 Å². The lowest BCUT2D eigenvalue weighted by molar-refractivity contribution is -0.402. The van der Waals surface area contributed by atoms with Crippen molar-refractivity contribution in [1.29, 1.82) is 0 Å². The number of furan rings is 1. The van der Waals surface area contributed by atoms with E-state index >= 15 is 0 Å². The molecule has 3 aromatic rings. The molecule has 0 atom stereocenters. The van der Waals surface area contributed by atoms with Gasteiger partial charge >= 0.3 is 11.9 Å². The Bertz CT molecular complexity index is 902. The van der Waals surface area contributed by atoms with Gasteiger partial charge in [0.2, 0.25) is 0 Å². The highest BCUT2D eigenvalue weighted by atomic mass is 32.1. The van der Waals surface area contributed by atoms with Crippen molar-refractivity contribution in [2.24, 2.45) is 5.10 Å². The van der Waals surface area contributed by atoms with Crippen molar-refractivity contribution in [2.45, 2.75) is 0 Å². The van der Waals surface area contributed by atoms with Crippen LogP contribution in [0.4, 0.5) is 16.4 Å². The Kier molecular flexibility index (Phi) is 3.93. The Morgan fingerprint density at radius 3 is 3.00 bits per heavy atom. The van der Waals surface area contributed by atoms with E-state index in [9.17, 15) is 14.9 Å². The second kappa shape index (κ2) is 6.19. The second-order valence-corrected chi connectivity index (χ2v) is 4.72. The van der Waals surface area contributed by atoms with E-state index in [1.165, 1.54) is 12.1 Å². The van der Waals surface area contributed by atoms with Crippen molar-refractivity contribution in [3.8, 4) is 0 Å². The van der Waals surface area contributed by atoms with E-state index in [1.807, 2.05) is 0 Å². The molecule has 0 aliphatic carbocycles. The topological polar surface area (TPSA) is 136 Å². The first kappa shape index (κ1) is 14.6. The van der Waals surface area contributed by atoms with Gasteiger partial charge in [0, 0.05) is 0 Å². The highest BCUT2D eigenvalue weighted by molar-refractivity contribution is 7.00. The molecule has 1 aromatic carbocycles. The lowest BCUT2D eigenvalue weighted by atomic mass is 10.2. The van der Waals surface area contributed by atoms with Crippen LogP contribution < -0.4 is 10.7 Å². The van der Waals surface area contributed by atoms with Gasteiger partial charge in [-0.3, -0.25) is 10.1 Å². The van der Waals surface area contributed by atoms with Gasteiger partial charge in [0.15, 0.2) is 5.76 Å². The minimum Gasteiger partial charge on any atom is -0.400 e. The Labute approximate surface area is 132 Å². The quantitative estimate of drug-likeness (QED) is 0.427. The van der Waals surface area contributed by atoms with E-state index in [-0.39, 0.29) is 5.76 Å². The zero-order valence-electron chi connectivity index (χ0n) is 11.3. The predicted octanol–water partition coefficient (Wildman–Crippen LogP) is 2.35. The van der Waals surface area contributed by atoms with Gasteiger partial charge < -0.3 is 9.73 Å². The molecule has 0 aliphatic heterocycles.